The molecule has 2 aromatic carbocycles. The number of phenolic OH excluding ortho intramolecular Hbond substituents is 1. The Balaban J connectivity index is 2.14. The molecule has 0 aliphatic heterocycles. The van der Waals surface area contributed by atoms with Gasteiger partial charge in [0.15, 0.2) is 0 Å². The third-order valence-corrected chi connectivity index (χ3v) is 3.38. The number of methoxy groups -OCH3 is 1. The summed E-state index contributed by atoms with van der Waals surface area (Å²) in [4.78, 5) is 12.3. The van der Waals surface area contributed by atoms with Crippen molar-refractivity contribution in [2.75, 3.05) is 7.11 Å². The van der Waals surface area contributed by atoms with Gasteiger partial charge in [-0.1, -0.05) is 12.1 Å². The van der Waals surface area contributed by atoms with E-state index in [1.807, 2.05) is 0 Å². The maximum atomic E-state index is 12.3. The molecule has 0 aliphatic carbocycles. The topological polar surface area (TPSA) is 67.8 Å². The van der Waals surface area contributed by atoms with Crippen LogP contribution in [0.4, 0.5) is 8.78 Å². The van der Waals surface area contributed by atoms with Gasteiger partial charge in [0, 0.05) is 0 Å². The van der Waals surface area contributed by atoms with Crippen molar-refractivity contribution in [3.8, 4) is 17.2 Å². The highest BCUT2D eigenvalue weighted by Gasteiger charge is 2.16. The lowest BCUT2D eigenvalue weighted by molar-refractivity contribution is -0.0499. The van der Waals surface area contributed by atoms with Crippen LogP contribution in [0.1, 0.15) is 28.9 Å². The monoisotopic (exact) mass is 337 g/mol. The van der Waals surface area contributed by atoms with Crippen LogP contribution in [-0.4, -0.2) is 24.7 Å². The molecule has 5 nitrogen and oxygen atoms in total. The molecule has 0 bridgehead atoms. The molecule has 0 aromatic heterocycles. The Bertz CT molecular complexity index is 721. The molecule has 1 atom stereocenters. The van der Waals surface area contributed by atoms with E-state index in [1.165, 1.54) is 37.4 Å². The standard InChI is InChI=1S/C17H17F2NO4/c1-10(11-4-3-5-13(8-11)24-17(18)19)20-16(22)14-9-12(23-2)6-7-15(14)21/h3-10,17,21H,1-2H3,(H,20,22). The zero-order valence-corrected chi connectivity index (χ0v) is 13.1. The molecule has 0 aliphatic rings. The van der Waals surface area contributed by atoms with Gasteiger partial charge in [0.05, 0.1) is 18.7 Å². The smallest absolute Gasteiger partial charge is 0.387 e. The molecule has 7 heteroatoms. The van der Waals surface area contributed by atoms with E-state index in [-0.39, 0.29) is 17.1 Å². The number of alkyl halides is 2. The number of hydrogen-bond acceptors (Lipinski definition) is 4. The molecule has 0 saturated heterocycles. The van der Waals surface area contributed by atoms with Gasteiger partial charge in [-0.2, -0.15) is 8.78 Å². The van der Waals surface area contributed by atoms with Gasteiger partial charge in [-0.15, -0.1) is 0 Å². The third kappa shape index (κ3) is 4.34. The number of halogens is 2. The van der Waals surface area contributed by atoms with E-state index in [2.05, 4.69) is 10.1 Å². The first kappa shape index (κ1) is 17.5. The number of rotatable bonds is 6. The second-order valence-corrected chi connectivity index (χ2v) is 5.03. The highest BCUT2D eigenvalue weighted by molar-refractivity contribution is 5.97. The highest BCUT2D eigenvalue weighted by Crippen LogP contribution is 2.25. The van der Waals surface area contributed by atoms with Crippen LogP contribution >= 0.6 is 0 Å². The van der Waals surface area contributed by atoms with Crippen LogP contribution in [0.2, 0.25) is 0 Å². The first-order valence-corrected chi connectivity index (χ1v) is 7.13. The minimum absolute atomic E-state index is 0.00725. The van der Waals surface area contributed by atoms with E-state index < -0.39 is 18.6 Å². The maximum absolute atomic E-state index is 12.3. The molecule has 2 rings (SSSR count). The van der Waals surface area contributed by atoms with Crippen LogP contribution in [0.25, 0.3) is 0 Å². The van der Waals surface area contributed by atoms with E-state index in [0.29, 0.717) is 11.3 Å². The quantitative estimate of drug-likeness (QED) is 0.847. The number of benzene rings is 2. The van der Waals surface area contributed by atoms with Crippen molar-refractivity contribution < 1.29 is 28.2 Å². The molecule has 128 valence electrons. The number of hydrogen-bond donors (Lipinski definition) is 2. The Labute approximate surface area is 137 Å². The number of ether oxygens (including phenoxy) is 2. The lowest BCUT2D eigenvalue weighted by Gasteiger charge is -2.16. The zero-order valence-electron chi connectivity index (χ0n) is 13.1. The first-order valence-electron chi connectivity index (χ1n) is 7.13. The van der Waals surface area contributed by atoms with Crippen molar-refractivity contribution in [1.82, 2.24) is 5.32 Å². The predicted molar refractivity (Wildman–Crippen MR) is 83.6 cm³/mol. The van der Waals surface area contributed by atoms with Crippen molar-refractivity contribution in [2.45, 2.75) is 19.6 Å². The van der Waals surface area contributed by atoms with Gasteiger partial charge in [0.1, 0.15) is 17.2 Å². The van der Waals surface area contributed by atoms with Crippen LogP contribution in [0.15, 0.2) is 42.5 Å². The summed E-state index contributed by atoms with van der Waals surface area (Å²) in [5.41, 5.74) is 0.644. The zero-order chi connectivity index (χ0) is 17.7. The average molecular weight is 337 g/mol. The van der Waals surface area contributed by atoms with Gasteiger partial charge in [-0.3, -0.25) is 4.79 Å². The summed E-state index contributed by atoms with van der Waals surface area (Å²) in [7, 11) is 1.45. The van der Waals surface area contributed by atoms with Crippen LogP contribution in [0.5, 0.6) is 17.2 Å². The predicted octanol–water partition coefficient (Wildman–Crippen LogP) is 3.49. The molecule has 2 aromatic rings. The summed E-state index contributed by atoms with van der Waals surface area (Å²) in [5.74, 6) is -0.264. The minimum atomic E-state index is -2.92. The number of phenols is 1. The van der Waals surface area contributed by atoms with E-state index in [1.54, 1.807) is 19.1 Å². The molecule has 0 saturated carbocycles. The maximum Gasteiger partial charge on any atom is 0.387 e. The summed E-state index contributed by atoms with van der Waals surface area (Å²) in [5, 5.41) is 12.5. The number of carbonyl (C=O) groups is 1. The molecule has 24 heavy (non-hydrogen) atoms. The van der Waals surface area contributed by atoms with Gasteiger partial charge >= 0.3 is 6.61 Å². The van der Waals surface area contributed by atoms with Gasteiger partial charge in [0.2, 0.25) is 0 Å². The van der Waals surface area contributed by atoms with Crippen LogP contribution < -0.4 is 14.8 Å². The van der Waals surface area contributed by atoms with Crippen LogP contribution in [0, 0.1) is 0 Å². The van der Waals surface area contributed by atoms with Gasteiger partial charge in [0.25, 0.3) is 5.91 Å². The Kier molecular flexibility index (Phi) is 5.57. The van der Waals surface area contributed by atoms with E-state index >= 15 is 0 Å². The van der Waals surface area contributed by atoms with Crippen molar-refractivity contribution in [1.29, 1.82) is 0 Å². The number of aromatic hydroxyl groups is 1. The van der Waals surface area contributed by atoms with Gasteiger partial charge in [-0.25, -0.2) is 0 Å². The van der Waals surface area contributed by atoms with E-state index in [4.69, 9.17) is 4.74 Å². The Hall–Kier alpha value is -2.83. The van der Waals surface area contributed by atoms with E-state index in [0.717, 1.165) is 0 Å². The van der Waals surface area contributed by atoms with Crippen LogP contribution in [-0.2, 0) is 0 Å². The van der Waals surface area contributed by atoms with Crippen molar-refractivity contribution in [2.24, 2.45) is 0 Å². The number of nitrogens with one attached hydrogen (secondary N) is 1. The largest absolute Gasteiger partial charge is 0.507 e. The van der Waals surface area contributed by atoms with Crippen LogP contribution in [0.3, 0.4) is 0 Å². The second-order valence-electron chi connectivity index (χ2n) is 5.03. The van der Waals surface area contributed by atoms with Crippen molar-refractivity contribution >= 4 is 5.91 Å². The third-order valence-electron chi connectivity index (χ3n) is 3.38. The summed E-state index contributed by atoms with van der Waals surface area (Å²) < 4.78 is 33.9. The fourth-order valence-corrected chi connectivity index (χ4v) is 2.14. The highest BCUT2D eigenvalue weighted by atomic mass is 19.3. The second kappa shape index (κ2) is 7.63. The molecule has 0 radical (unpaired) electrons. The Morgan fingerprint density at radius 1 is 1.17 bits per heavy atom. The molecule has 1 unspecified atom stereocenters. The fourth-order valence-electron chi connectivity index (χ4n) is 2.14. The molecule has 1 amide bonds. The molecular formula is C17H17F2NO4. The Morgan fingerprint density at radius 2 is 1.92 bits per heavy atom. The summed E-state index contributed by atoms with van der Waals surface area (Å²) >= 11 is 0. The fraction of sp³-hybridized carbons (Fsp3) is 0.235. The molecule has 0 fully saturated rings. The van der Waals surface area contributed by atoms with Gasteiger partial charge in [-0.05, 0) is 42.8 Å². The Morgan fingerprint density at radius 3 is 2.58 bits per heavy atom. The lowest BCUT2D eigenvalue weighted by Crippen LogP contribution is -2.26. The summed E-state index contributed by atoms with van der Waals surface area (Å²) in [6.45, 7) is -1.23. The normalized spacial score (nSPS) is 11.9. The average Bonchev–Trinajstić information content (AvgIpc) is 2.54. The van der Waals surface area contributed by atoms with E-state index in [9.17, 15) is 18.7 Å². The van der Waals surface area contributed by atoms with Gasteiger partial charge < -0.3 is 19.9 Å². The molecule has 0 spiro atoms. The minimum Gasteiger partial charge on any atom is -0.507 e. The molecule has 0 heterocycles. The molecule has 2 N–H and O–H groups in total. The molecular weight excluding hydrogens is 320 g/mol. The lowest BCUT2D eigenvalue weighted by atomic mass is 10.1. The summed E-state index contributed by atoms with van der Waals surface area (Å²) in [6, 6.07) is 9.86. The number of carbonyl (C=O) groups excluding carboxylic acids is 1. The van der Waals surface area contributed by atoms with Crippen molar-refractivity contribution in [3.63, 3.8) is 0 Å². The summed E-state index contributed by atoms with van der Waals surface area (Å²) in [6.07, 6.45) is 0. The number of amides is 1. The first-order chi connectivity index (χ1) is 11.4. The van der Waals surface area contributed by atoms with Crippen molar-refractivity contribution in [3.05, 3.63) is 53.6 Å². The SMILES string of the molecule is COc1ccc(O)c(C(=O)NC(C)c2cccc(OC(F)F)c2)c1.